The number of aromatic nitrogens is 2. The van der Waals surface area contributed by atoms with Gasteiger partial charge in [0.05, 0.1) is 11.6 Å². The Balaban J connectivity index is 0.000000173. The summed E-state index contributed by atoms with van der Waals surface area (Å²) in [7, 11) is 0. The standard InChI is InChI=1S/C12H7FN2S.C5H5ClO3/c13-9-3-1-8(2-4-9)11-10-5-6-16-12(10)15-7-14-11;1-3-4(2-6)9-5(7)8-3/h1-7H;2H2,1H3. The van der Waals surface area contributed by atoms with E-state index in [0.29, 0.717) is 11.5 Å². The third-order valence-corrected chi connectivity index (χ3v) is 4.40. The molecule has 0 fully saturated rings. The van der Waals surface area contributed by atoms with Gasteiger partial charge in [0, 0.05) is 10.9 Å². The fraction of sp³-hybridized carbons (Fsp3) is 0.118. The molecule has 0 N–H and O–H groups in total. The molecule has 0 aliphatic carbocycles. The molecule has 0 aliphatic heterocycles. The van der Waals surface area contributed by atoms with Gasteiger partial charge in [-0.05, 0) is 42.6 Å². The molecule has 0 amide bonds. The summed E-state index contributed by atoms with van der Waals surface area (Å²) in [6.45, 7) is 1.63. The first kappa shape index (κ1) is 17.3. The van der Waals surface area contributed by atoms with Gasteiger partial charge in [0.1, 0.15) is 22.7 Å². The average molecular weight is 379 g/mol. The second kappa shape index (κ2) is 7.58. The van der Waals surface area contributed by atoms with Crippen LogP contribution in [0.1, 0.15) is 11.5 Å². The predicted octanol–water partition coefficient (Wildman–Crippen LogP) is 4.78. The van der Waals surface area contributed by atoms with Crippen LogP contribution >= 0.6 is 22.9 Å². The lowest BCUT2D eigenvalue weighted by Crippen LogP contribution is -1.86. The van der Waals surface area contributed by atoms with Crippen molar-refractivity contribution in [2.45, 2.75) is 12.8 Å². The number of thiophene rings is 1. The first-order valence-corrected chi connectivity index (χ1v) is 8.59. The quantitative estimate of drug-likeness (QED) is 0.469. The van der Waals surface area contributed by atoms with Crippen LogP contribution in [0.2, 0.25) is 0 Å². The molecule has 4 rings (SSSR count). The Bertz CT molecular complexity index is 1040. The van der Waals surface area contributed by atoms with E-state index < -0.39 is 5.82 Å². The van der Waals surface area contributed by atoms with E-state index in [4.69, 9.17) is 11.6 Å². The van der Waals surface area contributed by atoms with E-state index in [2.05, 4.69) is 18.8 Å². The van der Waals surface area contributed by atoms with Crippen LogP contribution in [0.5, 0.6) is 0 Å². The van der Waals surface area contributed by atoms with Crippen molar-refractivity contribution < 1.29 is 13.2 Å². The van der Waals surface area contributed by atoms with E-state index in [9.17, 15) is 9.18 Å². The summed E-state index contributed by atoms with van der Waals surface area (Å²) >= 11 is 6.93. The molecule has 3 heterocycles. The zero-order valence-corrected chi connectivity index (χ0v) is 14.6. The molecule has 0 bridgehead atoms. The molecule has 0 saturated carbocycles. The topological polar surface area (TPSA) is 69.1 Å². The van der Waals surface area contributed by atoms with Gasteiger partial charge in [-0.1, -0.05) is 0 Å². The second-order valence-corrected chi connectivity index (χ2v) is 6.10. The first-order chi connectivity index (χ1) is 12.1. The minimum absolute atomic E-state index is 0.178. The summed E-state index contributed by atoms with van der Waals surface area (Å²) in [5.74, 6) is 0.108. The average Bonchev–Trinajstić information content (AvgIpc) is 3.21. The van der Waals surface area contributed by atoms with Gasteiger partial charge in [0.15, 0.2) is 5.76 Å². The number of hydrogen-bond donors (Lipinski definition) is 0. The maximum Gasteiger partial charge on any atom is 0.519 e. The van der Waals surface area contributed by atoms with Gasteiger partial charge in [0.2, 0.25) is 0 Å². The van der Waals surface area contributed by atoms with Crippen molar-refractivity contribution in [3.05, 3.63) is 70.0 Å². The smallest absolute Gasteiger partial charge is 0.396 e. The maximum absolute atomic E-state index is 12.8. The third-order valence-electron chi connectivity index (χ3n) is 3.34. The van der Waals surface area contributed by atoms with E-state index in [1.54, 1.807) is 30.4 Å². The predicted molar refractivity (Wildman–Crippen MR) is 94.3 cm³/mol. The molecule has 5 nitrogen and oxygen atoms in total. The van der Waals surface area contributed by atoms with Gasteiger partial charge in [-0.3, -0.25) is 0 Å². The van der Waals surface area contributed by atoms with Crippen LogP contribution in [-0.2, 0) is 5.88 Å². The van der Waals surface area contributed by atoms with Crippen molar-refractivity contribution in [2.24, 2.45) is 0 Å². The first-order valence-electron chi connectivity index (χ1n) is 7.18. The largest absolute Gasteiger partial charge is 0.519 e. The van der Waals surface area contributed by atoms with E-state index in [-0.39, 0.29) is 11.7 Å². The van der Waals surface area contributed by atoms with Gasteiger partial charge in [0.25, 0.3) is 0 Å². The van der Waals surface area contributed by atoms with Gasteiger partial charge in [-0.2, -0.15) is 0 Å². The Labute approximate surface area is 150 Å². The van der Waals surface area contributed by atoms with Crippen molar-refractivity contribution in [3.8, 4) is 11.3 Å². The molecule has 0 aliphatic rings. The van der Waals surface area contributed by atoms with Gasteiger partial charge in [-0.25, -0.2) is 19.2 Å². The zero-order valence-electron chi connectivity index (χ0n) is 13.0. The number of alkyl halides is 1. The summed E-state index contributed by atoms with van der Waals surface area (Å²) in [6, 6.07) is 8.33. The summed E-state index contributed by atoms with van der Waals surface area (Å²) < 4.78 is 21.8. The summed E-state index contributed by atoms with van der Waals surface area (Å²) in [5, 5.41) is 2.99. The second-order valence-electron chi connectivity index (χ2n) is 4.94. The Morgan fingerprint density at radius 2 is 1.92 bits per heavy atom. The molecule has 128 valence electrons. The zero-order chi connectivity index (χ0) is 17.8. The molecule has 0 radical (unpaired) electrons. The van der Waals surface area contributed by atoms with Crippen molar-refractivity contribution in [3.63, 3.8) is 0 Å². The van der Waals surface area contributed by atoms with E-state index in [0.717, 1.165) is 21.5 Å². The number of rotatable bonds is 2. The molecule has 0 spiro atoms. The lowest BCUT2D eigenvalue weighted by atomic mass is 10.1. The van der Waals surface area contributed by atoms with Crippen molar-refractivity contribution in [2.75, 3.05) is 0 Å². The summed E-state index contributed by atoms with van der Waals surface area (Å²) in [6.07, 6.45) is 1.54. The summed E-state index contributed by atoms with van der Waals surface area (Å²) in [4.78, 5) is 19.7. The van der Waals surface area contributed by atoms with Crippen molar-refractivity contribution in [1.82, 2.24) is 9.97 Å². The Morgan fingerprint density at radius 3 is 2.52 bits per heavy atom. The molecule has 1 aromatic carbocycles. The molecule has 25 heavy (non-hydrogen) atoms. The molecule has 3 aromatic heterocycles. The highest BCUT2D eigenvalue weighted by atomic mass is 35.5. The monoisotopic (exact) mass is 378 g/mol. The number of nitrogens with zero attached hydrogens (tertiary/aromatic N) is 2. The number of halogens is 2. The van der Waals surface area contributed by atoms with Crippen LogP contribution in [0, 0.1) is 12.7 Å². The van der Waals surface area contributed by atoms with Gasteiger partial charge in [-0.15, -0.1) is 22.9 Å². The van der Waals surface area contributed by atoms with Crippen LogP contribution in [-0.4, -0.2) is 9.97 Å². The highest BCUT2D eigenvalue weighted by molar-refractivity contribution is 7.16. The lowest BCUT2D eigenvalue weighted by Gasteiger charge is -2.01. The molecule has 8 heteroatoms. The lowest BCUT2D eigenvalue weighted by molar-refractivity contribution is 0.372. The SMILES string of the molecule is Cc1oc(=O)oc1CCl.Fc1ccc(-c2ncnc3sccc23)cc1. The fourth-order valence-corrected chi connectivity index (χ4v) is 3.10. The number of hydrogen-bond acceptors (Lipinski definition) is 6. The number of benzene rings is 1. The number of fused-ring (bicyclic) bond motifs is 1. The number of aryl methyl sites for hydroxylation is 1. The van der Waals surface area contributed by atoms with Gasteiger partial charge >= 0.3 is 5.82 Å². The summed E-state index contributed by atoms with van der Waals surface area (Å²) in [5.41, 5.74) is 1.76. The van der Waals surface area contributed by atoms with E-state index in [1.807, 2.05) is 11.4 Å². The van der Waals surface area contributed by atoms with Crippen LogP contribution in [0.3, 0.4) is 0 Å². The van der Waals surface area contributed by atoms with Gasteiger partial charge < -0.3 is 8.83 Å². The molecular weight excluding hydrogens is 367 g/mol. The molecular formula is C17H12ClFN2O3S. The maximum atomic E-state index is 12.8. The molecule has 0 unspecified atom stereocenters. The van der Waals surface area contributed by atoms with Crippen LogP contribution in [0.4, 0.5) is 4.39 Å². The van der Waals surface area contributed by atoms with E-state index in [1.165, 1.54) is 18.5 Å². The highest BCUT2D eigenvalue weighted by Crippen LogP contribution is 2.28. The highest BCUT2D eigenvalue weighted by Gasteiger charge is 2.07. The molecule has 0 saturated heterocycles. The normalized spacial score (nSPS) is 10.5. The van der Waals surface area contributed by atoms with E-state index >= 15 is 0 Å². The minimum Gasteiger partial charge on any atom is -0.396 e. The van der Waals surface area contributed by atoms with Crippen LogP contribution in [0.15, 0.2) is 55.7 Å². The molecule has 0 atom stereocenters. The molecule has 4 aromatic rings. The van der Waals surface area contributed by atoms with Crippen LogP contribution in [0.25, 0.3) is 21.5 Å². The fourth-order valence-electron chi connectivity index (χ4n) is 2.12. The Morgan fingerprint density at radius 1 is 1.16 bits per heavy atom. The Hall–Kier alpha value is -2.51. The third kappa shape index (κ3) is 3.94. The van der Waals surface area contributed by atoms with Crippen molar-refractivity contribution >= 4 is 33.2 Å². The van der Waals surface area contributed by atoms with Crippen LogP contribution < -0.4 is 5.82 Å². The minimum atomic E-state index is -0.692. The van der Waals surface area contributed by atoms with Crippen molar-refractivity contribution in [1.29, 1.82) is 0 Å². The Kier molecular flexibility index (Phi) is 5.25.